The lowest BCUT2D eigenvalue weighted by Crippen LogP contribution is -2.03. The summed E-state index contributed by atoms with van der Waals surface area (Å²) in [6.45, 7) is 10.5. The molecular formula is C80H62N2S. The summed E-state index contributed by atoms with van der Waals surface area (Å²) in [6, 6.07) is 94.9. The van der Waals surface area contributed by atoms with Crippen molar-refractivity contribution in [2.75, 3.05) is 0 Å². The molecule has 2 heterocycles. The number of rotatable bonds is 12. The predicted molar refractivity (Wildman–Crippen MR) is 360 cm³/mol. The monoisotopic (exact) mass is 1080 g/mol. The molecule has 83 heavy (non-hydrogen) atoms. The fraction of sp³-hybridized carbons (Fsp3) is 0.0625. The van der Waals surface area contributed by atoms with Crippen molar-refractivity contribution in [3.05, 3.63) is 315 Å². The molecule has 13 aromatic rings. The summed E-state index contributed by atoms with van der Waals surface area (Å²) in [4.78, 5) is 5.31. The second kappa shape index (κ2) is 23.3. The molecule has 11 aromatic carbocycles. The van der Waals surface area contributed by atoms with Crippen LogP contribution in [0.1, 0.15) is 43.9 Å². The van der Waals surface area contributed by atoms with E-state index in [4.69, 9.17) is 4.99 Å². The highest BCUT2D eigenvalue weighted by Crippen LogP contribution is 2.54. The van der Waals surface area contributed by atoms with E-state index in [1.807, 2.05) is 43.4 Å². The Kier molecular flexibility index (Phi) is 14.7. The molecule has 1 atom stereocenters. The van der Waals surface area contributed by atoms with Crippen LogP contribution in [-0.2, 0) is 0 Å². The van der Waals surface area contributed by atoms with E-state index in [1.165, 1.54) is 86.5 Å². The topological polar surface area (TPSA) is 17.3 Å². The number of allylic oxidation sites excluding steroid dienone is 7. The van der Waals surface area contributed by atoms with Gasteiger partial charge >= 0.3 is 0 Å². The number of benzene rings is 11. The first-order valence-corrected chi connectivity index (χ1v) is 29.8. The Morgan fingerprint density at radius 3 is 1.65 bits per heavy atom. The van der Waals surface area contributed by atoms with Crippen molar-refractivity contribution >= 4 is 75.9 Å². The second-order valence-electron chi connectivity index (χ2n) is 21.1. The van der Waals surface area contributed by atoms with Crippen LogP contribution in [0.4, 0.5) is 5.69 Å². The highest BCUT2D eigenvalue weighted by molar-refractivity contribution is 7.25. The van der Waals surface area contributed by atoms with Gasteiger partial charge in [0.05, 0.1) is 22.4 Å². The SMILES string of the molecule is C=C/C(=C\C(=Nc1ccc(-c2ccc3c4c(C5=CCC(C)C=C5)c(-c5ccccc5)c(-c5ccccc5)c(-c5ccccc5)c4n(-c4cccc(-c5ccc6c(c5)sc5ccccc56)c4)c3c2)cc1)c1ccccc1)c1ccccc1.CC. The van der Waals surface area contributed by atoms with Crippen molar-refractivity contribution in [3.8, 4) is 61.3 Å². The molecule has 0 bridgehead atoms. The summed E-state index contributed by atoms with van der Waals surface area (Å²) in [5.41, 5.74) is 22.5. The van der Waals surface area contributed by atoms with Gasteiger partial charge in [0.15, 0.2) is 0 Å². The summed E-state index contributed by atoms with van der Waals surface area (Å²) >= 11 is 1.86. The minimum absolute atomic E-state index is 0.442. The summed E-state index contributed by atoms with van der Waals surface area (Å²) in [7, 11) is 0. The normalized spacial score (nSPS) is 13.5. The smallest absolute Gasteiger partial charge is 0.0715 e. The molecule has 1 aliphatic carbocycles. The summed E-state index contributed by atoms with van der Waals surface area (Å²) < 4.78 is 5.18. The summed E-state index contributed by atoms with van der Waals surface area (Å²) in [5.74, 6) is 0.442. The molecule has 0 radical (unpaired) electrons. The van der Waals surface area contributed by atoms with Gasteiger partial charge in [-0.15, -0.1) is 11.3 Å². The van der Waals surface area contributed by atoms with Crippen molar-refractivity contribution in [2.24, 2.45) is 10.9 Å². The Hall–Kier alpha value is -9.93. The molecule has 0 saturated carbocycles. The van der Waals surface area contributed by atoms with Gasteiger partial charge in [-0.1, -0.05) is 270 Å². The van der Waals surface area contributed by atoms with Crippen LogP contribution in [0, 0.1) is 5.92 Å². The highest BCUT2D eigenvalue weighted by Gasteiger charge is 2.30. The van der Waals surface area contributed by atoms with Gasteiger partial charge < -0.3 is 4.57 Å². The zero-order valence-corrected chi connectivity index (χ0v) is 47.8. The Bertz CT molecular complexity index is 4640. The van der Waals surface area contributed by atoms with Crippen LogP contribution in [-0.4, -0.2) is 10.3 Å². The maximum Gasteiger partial charge on any atom is 0.0715 e. The first-order valence-electron chi connectivity index (χ1n) is 28.9. The zero-order chi connectivity index (χ0) is 56.2. The van der Waals surface area contributed by atoms with Crippen molar-refractivity contribution in [2.45, 2.75) is 27.2 Å². The van der Waals surface area contributed by atoms with Crippen molar-refractivity contribution in [3.63, 3.8) is 0 Å². The molecule has 0 N–H and O–H groups in total. The van der Waals surface area contributed by atoms with Gasteiger partial charge in [0.25, 0.3) is 0 Å². The highest BCUT2D eigenvalue weighted by atomic mass is 32.1. The molecule has 0 saturated heterocycles. The van der Waals surface area contributed by atoms with Crippen LogP contribution in [0.2, 0.25) is 0 Å². The van der Waals surface area contributed by atoms with Gasteiger partial charge in [-0.2, -0.15) is 0 Å². The summed E-state index contributed by atoms with van der Waals surface area (Å²) in [5, 5.41) is 5.03. The largest absolute Gasteiger partial charge is 0.309 e. The van der Waals surface area contributed by atoms with Gasteiger partial charge in [0.1, 0.15) is 0 Å². The molecule has 0 fully saturated rings. The lowest BCUT2D eigenvalue weighted by atomic mass is 9.79. The Morgan fingerprint density at radius 2 is 1.01 bits per heavy atom. The third-order valence-corrected chi connectivity index (χ3v) is 17.1. The van der Waals surface area contributed by atoms with E-state index in [0.717, 1.165) is 62.4 Å². The molecule has 0 spiro atoms. The van der Waals surface area contributed by atoms with E-state index in [2.05, 4.69) is 291 Å². The van der Waals surface area contributed by atoms with Gasteiger partial charge in [-0.05, 0) is 128 Å². The van der Waals surface area contributed by atoms with Crippen LogP contribution in [0.5, 0.6) is 0 Å². The van der Waals surface area contributed by atoms with E-state index in [9.17, 15) is 0 Å². The van der Waals surface area contributed by atoms with E-state index in [0.29, 0.717) is 5.92 Å². The number of fused-ring (bicyclic) bond motifs is 6. The first kappa shape index (κ1) is 52.4. The second-order valence-corrected chi connectivity index (χ2v) is 22.1. The average Bonchev–Trinajstić information content (AvgIpc) is 1.89. The predicted octanol–water partition coefficient (Wildman–Crippen LogP) is 22.9. The minimum atomic E-state index is 0.442. The molecule has 2 nitrogen and oxygen atoms in total. The van der Waals surface area contributed by atoms with E-state index >= 15 is 0 Å². The number of aromatic nitrogens is 1. The molecular weight excluding hydrogens is 1020 g/mol. The molecule has 398 valence electrons. The van der Waals surface area contributed by atoms with Gasteiger partial charge in [0.2, 0.25) is 0 Å². The number of aliphatic imine (C=N–C) groups is 1. The standard InChI is InChI=1S/C78H56N2S.C2H6/c1-3-53(54-22-9-4-10-23-54)49-69(56-24-11-5-12-25-56)79-64-44-40-55(41-45-64)62-43-47-68-70(50-62)80(65-33-21-32-61(48-65)63-42-46-67-66-34-19-20-35-71(66)81-72(67)51-63)78-76(59-30-17-8-18-31-59)74(58-28-15-7-16-29-58)73(57-26-13-6-14-27-57)75(77(68)78)60-38-36-52(2)37-39-60;1-2/h3-36,38-52H,1,37H2,2H3;1-2H3/b53-49+,79-69?;. The zero-order valence-electron chi connectivity index (χ0n) is 47.0. The Balaban J connectivity index is 0.00000319. The van der Waals surface area contributed by atoms with E-state index in [-0.39, 0.29) is 0 Å². The molecule has 2 aromatic heterocycles. The quantitative estimate of drug-likeness (QED) is 0.0857. The lowest BCUT2D eigenvalue weighted by Gasteiger charge is -2.25. The van der Waals surface area contributed by atoms with Crippen LogP contribution in [0.15, 0.2) is 303 Å². The molecule has 1 aliphatic rings. The third kappa shape index (κ3) is 10.1. The average molecular weight is 1080 g/mol. The van der Waals surface area contributed by atoms with Crippen molar-refractivity contribution < 1.29 is 0 Å². The van der Waals surface area contributed by atoms with E-state index < -0.39 is 0 Å². The van der Waals surface area contributed by atoms with E-state index in [1.54, 1.807) is 0 Å². The lowest BCUT2D eigenvalue weighted by molar-refractivity contribution is 0.739. The van der Waals surface area contributed by atoms with Crippen LogP contribution in [0.25, 0.3) is 114 Å². The number of thiophene rings is 1. The van der Waals surface area contributed by atoms with Gasteiger partial charge in [-0.25, -0.2) is 4.99 Å². The maximum atomic E-state index is 5.31. The van der Waals surface area contributed by atoms with Crippen LogP contribution < -0.4 is 0 Å². The number of hydrogen-bond acceptors (Lipinski definition) is 2. The number of nitrogens with zero attached hydrogens (tertiary/aromatic N) is 2. The van der Waals surface area contributed by atoms with Gasteiger partial charge in [0, 0.05) is 53.3 Å². The third-order valence-electron chi connectivity index (χ3n) is 16.0. The molecule has 0 aliphatic heterocycles. The maximum absolute atomic E-state index is 5.31. The number of hydrogen-bond donors (Lipinski definition) is 0. The molecule has 3 heteroatoms. The Labute approximate surface area is 491 Å². The van der Waals surface area contributed by atoms with Crippen molar-refractivity contribution in [1.82, 2.24) is 4.57 Å². The summed E-state index contributed by atoms with van der Waals surface area (Å²) in [6.07, 6.45) is 12.3. The fourth-order valence-corrected chi connectivity index (χ4v) is 13.2. The van der Waals surface area contributed by atoms with Crippen LogP contribution >= 0.6 is 11.3 Å². The molecule has 0 amide bonds. The Morgan fingerprint density at radius 1 is 0.482 bits per heavy atom. The molecule has 14 rings (SSSR count). The minimum Gasteiger partial charge on any atom is -0.309 e. The van der Waals surface area contributed by atoms with Crippen molar-refractivity contribution in [1.29, 1.82) is 0 Å². The van der Waals surface area contributed by atoms with Crippen LogP contribution in [0.3, 0.4) is 0 Å². The first-order chi connectivity index (χ1) is 41.0. The fourth-order valence-electron chi connectivity index (χ4n) is 12.0. The van der Waals surface area contributed by atoms with Gasteiger partial charge in [-0.3, -0.25) is 0 Å². The molecule has 1 unspecified atom stereocenters.